The van der Waals surface area contributed by atoms with E-state index < -0.39 is 11.7 Å². The first-order valence-electron chi connectivity index (χ1n) is 12.6. The first kappa shape index (κ1) is 25.7. The molecule has 0 radical (unpaired) electrons. The van der Waals surface area contributed by atoms with Crippen LogP contribution in [0.3, 0.4) is 0 Å². The molecule has 0 spiro atoms. The molecular weight excluding hydrogens is 543 g/mol. The number of benzene rings is 4. The van der Waals surface area contributed by atoms with E-state index in [0.717, 1.165) is 27.9 Å². The third-order valence-corrected chi connectivity index (χ3v) is 6.99. The van der Waals surface area contributed by atoms with Gasteiger partial charge in [0.1, 0.15) is 11.9 Å². The topological polar surface area (TPSA) is 84.5 Å². The molecule has 0 saturated heterocycles. The third kappa shape index (κ3) is 5.43. The second-order valence-corrected chi connectivity index (χ2v) is 10.0. The number of halogens is 2. The minimum atomic E-state index is -0.414. The van der Waals surface area contributed by atoms with E-state index in [1.54, 1.807) is 23.0 Å². The Morgan fingerprint density at radius 3 is 2.30 bits per heavy atom. The molecule has 0 unspecified atom stereocenters. The summed E-state index contributed by atoms with van der Waals surface area (Å²) in [6, 6.07) is 32.1. The normalized spacial score (nSPS) is 14.4. The fraction of sp³-hybridized carbons (Fsp3) is 0.0645. The van der Waals surface area contributed by atoms with Crippen molar-refractivity contribution in [2.45, 2.75) is 12.6 Å². The number of nitrogens with zero attached hydrogens (tertiary/aromatic N) is 5. The van der Waals surface area contributed by atoms with Crippen molar-refractivity contribution < 1.29 is 0 Å². The predicted molar refractivity (Wildman–Crippen MR) is 161 cm³/mol. The SMILES string of the molecule is O=c1nc2n(nc1C/C(=N\N=C/c1ccc(Cl)cc1)c1ccccc1)[C@H](c1ccc(Cl)cc1)Nc1ccccc1-2. The first-order valence-corrected chi connectivity index (χ1v) is 13.3. The lowest BCUT2D eigenvalue weighted by atomic mass is 10.0. The molecule has 4 aromatic carbocycles. The van der Waals surface area contributed by atoms with E-state index in [2.05, 4.69) is 20.5 Å². The van der Waals surface area contributed by atoms with E-state index in [1.165, 1.54) is 0 Å². The molecule has 1 aliphatic heterocycles. The molecule has 0 amide bonds. The van der Waals surface area contributed by atoms with E-state index in [-0.39, 0.29) is 12.1 Å². The molecule has 9 heteroatoms. The molecule has 1 N–H and O–H groups in total. The molecule has 1 aliphatic rings. The van der Waals surface area contributed by atoms with Gasteiger partial charge >= 0.3 is 0 Å². The zero-order valence-electron chi connectivity index (χ0n) is 21.1. The number of para-hydroxylation sites is 1. The Bertz CT molecular complexity index is 1780. The Balaban J connectivity index is 1.42. The standard InChI is InChI=1S/C31H22Cl2N6O/c32-23-14-10-20(11-15-23)19-34-37-27(21-6-2-1-3-7-21)18-28-31(40)36-30-25-8-4-5-9-26(25)35-29(39(30)38-28)22-12-16-24(33)17-13-22/h1-17,19,29,35H,18H2/b34-19-,37-27+/t29-/m1/s1. The molecule has 0 aliphatic carbocycles. The van der Waals surface area contributed by atoms with Crippen LogP contribution < -0.4 is 10.9 Å². The van der Waals surface area contributed by atoms with Gasteiger partial charge in [-0.15, -0.1) is 0 Å². The molecule has 0 bridgehead atoms. The molecule has 40 heavy (non-hydrogen) atoms. The fourth-order valence-corrected chi connectivity index (χ4v) is 4.74. The van der Waals surface area contributed by atoms with Gasteiger partial charge in [0.15, 0.2) is 5.82 Å². The number of fused-ring (bicyclic) bond motifs is 3. The molecule has 1 atom stereocenters. The monoisotopic (exact) mass is 564 g/mol. The number of anilines is 1. The second kappa shape index (κ2) is 11.3. The Labute approximate surface area is 240 Å². The molecule has 0 saturated carbocycles. The lowest BCUT2D eigenvalue weighted by Crippen LogP contribution is -2.33. The van der Waals surface area contributed by atoms with Crippen molar-refractivity contribution in [1.82, 2.24) is 14.8 Å². The quantitative estimate of drug-likeness (QED) is 0.185. The van der Waals surface area contributed by atoms with E-state index in [9.17, 15) is 4.79 Å². The summed E-state index contributed by atoms with van der Waals surface area (Å²) in [4.78, 5) is 17.9. The van der Waals surface area contributed by atoms with Crippen LogP contribution in [0.2, 0.25) is 10.0 Å². The highest BCUT2D eigenvalue weighted by Gasteiger charge is 2.28. The van der Waals surface area contributed by atoms with E-state index in [0.29, 0.717) is 21.6 Å². The highest BCUT2D eigenvalue weighted by atomic mass is 35.5. The third-order valence-electron chi connectivity index (χ3n) is 6.49. The van der Waals surface area contributed by atoms with Crippen LogP contribution in [0.15, 0.2) is 118 Å². The van der Waals surface area contributed by atoms with Crippen LogP contribution >= 0.6 is 23.2 Å². The lowest BCUT2D eigenvalue weighted by molar-refractivity contribution is 0.537. The second-order valence-electron chi connectivity index (χ2n) is 9.16. The Kier molecular flexibility index (Phi) is 7.23. The van der Waals surface area contributed by atoms with Gasteiger partial charge < -0.3 is 5.32 Å². The predicted octanol–water partition coefficient (Wildman–Crippen LogP) is 6.65. The van der Waals surface area contributed by atoms with Crippen molar-refractivity contribution in [3.63, 3.8) is 0 Å². The minimum absolute atomic E-state index is 0.142. The summed E-state index contributed by atoms with van der Waals surface area (Å²) in [6.07, 6.45) is 1.39. The van der Waals surface area contributed by atoms with Crippen molar-refractivity contribution in [3.05, 3.63) is 146 Å². The first-order chi connectivity index (χ1) is 19.5. The number of hydrogen-bond donors (Lipinski definition) is 1. The minimum Gasteiger partial charge on any atom is -0.359 e. The maximum Gasteiger partial charge on any atom is 0.295 e. The smallest absolute Gasteiger partial charge is 0.295 e. The van der Waals surface area contributed by atoms with Crippen LogP contribution in [0.4, 0.5) is 5.69 Å². The van der Waals surface area contributed by atoms with Crippen molar-refractivity contribution in [2.75, 3.05) is 5.32 Å². The van der Waals surface area contributed by atoms with Crippen molar-refractivity contribution >= 4 is 40.8 Å². The van der Waals surface area contributed by atoms with Gasteiger partial charge in [-0.2, -0.15) is 20.3 Å². The van der Waals surface area contributed by atoms with Crippen LogP contribution in [-0.4, -0.2) is 26.7 Å². The average Bonchev–Trinajstić information content (AvgIpc) is 2.98. The van der Waals surface area contributed by atoms with Crippen LogP contribution in [0, 0.1) is 0 Å². The molecule has 6 rings (SSSR count). The lowest BCUT2D eigenvalue weighted by Gasteiger charge is -2.30. The van der Waals surface area contributed by atoms with Crippen LogP contribution in [0.5, 0.6) is 0 Å². The van der Waals surface area contributed by atoms with Gasteiger partial charge in [-0.05, 0) is 53.1 Å². The van der Waals surface area contributed by atoms with Crippen LogP contribution in [-0.2, 0) is 6.42 Å². The highest BCUT2D eigenvalue weighted by molar-refractivity contribution is 6.30. The summed E-state index contributed by atoms with van der Waals surface area (Å²) >= 11 is 12.1. The van der Waals surface area contributed by atoms with Crippen molar-refractivity contribution in [3.8, 4) is 11.4 Å². The van der Waals surface area contributed by atoms with Crippen molar-refractivity contribution in [2.24, 2.45) is 10.2 Å². The average molecular weight is 565 g/mol. The maximum absolute atomic E-state index is 13.4. The Morgan fingerprint density at radius 2 is 1.55 bits per heavy atom. The number of aromatic nitrogens is 3. The van der Waals surface area contributed by atoms with Crippen molar-refractivity contribution in [1.29, 1.82) is 0 Å². The molecule has 196 valence electrons. The van der Waals surface area contributed by atoms with Gasteiger partial charge in [-0.1, -0.05) is 89.9 Å². The summed E-state index contributed by atoms with van der Waals surface area (Å²) < 4.78 is 1.75. The molecular formula is C31H22Cl2N6O. The molecule has 1 aromatic heterocycles. The highest BCUT2D eigenvalue weighted by Crippen LogP contribution is 2.36. The zero-order chi connectivity index (χ0) is 27.5. The summed E-state index contributed by atoms with van der Waals surface area (Å²) in [5, 5.41) is 18.4. The van der Waals surface area contributed by atoms with E-state index in [4.69, 9.17) is 28.3 Å². The summed E-state index contributed by atoms with van der Waals surface area (Å²) in [5.74, 6) is 0.488. The number of rotatable bonds is 6. The molecule has 2 heterocycles. The molecule has 7 nitrogen and oxygen atoms in total. The van der Waals surface area contributed by atoms with Gasteiger partial charge in [-0.3, -0.25) is 4.79 Å². The van der Waals surface area contributed by atoms with Gasteiger partial charge in [0.25, 0.3) is 5.56 Å². The van der Waals surface area contributed by atoms with Gasteiger partial charge in [0.2, 0.25) is 0 Å². The van der Waals surface area contributed by atoms with E-state index in [1.807, 2.05) is 91.0 Å². The summed E-state index contributed by atoms with van der Waals surface area (Å²) in [5.41, 5.74) is 4.71. The van der Waals surface area contributed by atoms with Gasteiger partial charge in [0.05, 0.1) is 11.9 Å². The molecule has 0 fully saturated rings. The number of hydrogen-bond acceptors (Lipinski definition) is 6. The molecule has 5 aromatic rings. The fourth-order valence-electron chi connectivity index (χ4n) is 4.49. The van der Waals surface area contributed by atoms with Gasteiger partial charge in [-0.25, -0.2) is 4.68 Å². The Morgan fingerprint density at radius 1 is 0.875 bits per heavy atom. The van der Waals surface area contributed by atoms with Crippen LogP contribution in [0.1, 0.15) is 28.6 Å². The summed E-state index contributed by atoms with van der Waals surface area (Å²) in [7, 11) is 0. The largest absolute Gasteiger partial charge is 0.359 e. The Hall–Kier alpha value is -4.59. The zero-order valence-corrected chi connectivity index (χ0v) is 22.6. The van der Waals surface area contributed by atoms with Crippen LogP contribution in [0.25, 0.3) is 11.4 Å². The number of nitrogens with one attached hydrogen (secondary N) is 1. The summed E-state index contributed by atoms with van der Waals surface area (Å²) in [6.45, 7) is 0. The van der Waals surface area contributed by atoms with Gasteiger partial charge in [0, 0.05) is 27.7 Å². The van der Waals surface area contributed by atoms with E-state index >= 15 is 0 Å². The maximum atomic E-state index is 13.4.